The van der Waals surface area contributed by atoms with Crippen molar-refractivity contribution in [2.45, 2.75) is 12.5 Å². The molecule has 0 bridgehead atoms. The minimum atomic E-state index is -0.467. The van der Waals surface area contributed by atoms with Crippen molar-refractivity contribution >= 4 is 34.8 Å². The van der Waals surface area contributed by atoms with Gasteiger partial charge in [0.05, 0.1) is 17.9 Å². The zero-order valence-electron chi connectivity index (χ0n) is 12.7. The van der Waals surface area contributed by atoms with Crippen molar-refractivity contribution in [3.63, 3.8) is 0 Å². The Hall–Kier alpha value is -3.29. The maximum Gasteiger partial charge on any atom is 0.223 e. The van der Waals surface area contributed by atoms with Gasteiger partial charge in [-0.25, -0.2) is 15.0 Å². The van der Waals surface area contributed by atoms with Gasteiger partial charge in [-0.05, 0) is 11.6 Å². The molecule has 0 spiro atoms. The summed E-state index contributed by atoms with van der Waals surface area (Å²) < 4.78 is 1.78. The van der Waals surface area contributed by atoms with E-state index in [9.17, 15) is 4.79 Å². The summed E-state index contributed by atoms with van der Waals surface area (Å²) in [5.74, 6) is -0.726. The fourth-order valence-corrected chi connectivity index (χ4v) is 3.07. The third kappa shape index (κ3) is 2.19. The van der Waals surface area contributed by atoms with Crippen LogP contribution in [0.25, 0.3) is 11.2 Å². The van der Waals surface area contributed by atoms with Gasteiger partial charge in [-0.3, -0.25) is 9.79 Å². The molecular weight excluding hydrogens is 306 g/mol. The van der Waals surface area contributed by atoms with Crippen LogP contribution < -0.4 is 11.5 Å². The first-order valence-electron chi connectivity index (χ1n) is 7.49. The number of aromatic nitrogens is 4. The summed E-state index contributed by atoms with van der Waals surface area (Å²) in [5.41, 5.74) is 14.4. The smallest absolute Gasteiger partial charge is 0.223 e. The van der Waals surface area contributed by atoms with Gasteiger partial charge in [0.25, 0.3) is 0 Å². The lowest BCUT2D eigenvalue weighted by atomic mass is 9.87. The summed E-state index contributed by atoms with van der Waals surface area (Å²) >= 11 is 0. The standard InChI is InChI=1S/C16H15N7O/c17-14-13-16(21-7-20-14)23(8-22-13)6-11(15(18)24)10-5-19-12-4-2-1-3-9(10)12/h1-5,7-8,10-11H,6H2,(H2,18,24)(H2,17,20,21). The van der Waals surface area contributed by atoms with Crippen LogP contribution in [0.5, 0.6) is 0 Å². The van der Waals surface area contributed by atoms with E-state index in [4.69, 9.17) is 11.5 Å². The van der Waals surface area contributed by atoms with E-state index in [1.54, 1.807) is 17.1 Å². The van der Waals surface area contributed by atoms with Crippen molar-refractivity contribution in [3.05, 3.63) is 42.5 Å². The molecule has 3 heterocycles. The van der Waals surface area contributed by atoms with Crippen molar-refractivity contribution in [2.24, 2.45) is 16.6 Å². The first kappa shape index (κ1) is 14.3. The normalized spacial score (nSPS) is 17.1. The number of nitrogens with two attached hydrogens (primary N) is 2. The van der Waals surface area contributed by atoms with Crippen molar-refractivity contribution in [1.29, 1.82) is 0 Å². The summed E-state index contributed by atoms with van der Waals surface area (Å²) in [6.07, 6.45) is 4.76. The Morgan fingerprint density at radius 1 is 1.25 bits per heavy atom. The Kier molecular flexibility index (Phi) is 3.23. The number of nitrogens with zero attached hydrogens (tertiary/aromatic N) is 5. The minimum absolute atomic E-state index is 0.171. The fraction of sp³-hybridized carbons (Fsp3) is 0.188. The van der Waals surface area contributed by atoms with Crippen molar-refractivity contribution in [2.75, 3.05) is 5.73 Å². The number of fused-ring (bicyclic) bond motifs is 2. The number of primary amides is 1. The largest absolute Gasteiger partial charge is 0.382 e. The Morgan fingerprint density at radius 3 is 2.92 bits per heavy atom. The number of anilines is 1. The van der Waals surface area contributed by atoms with Gasteiger partial charge in [0.1, 0.15) is 11.8 Å². The van der Waals surface area contributed by atoms with Crippen LogP contribution in [-0.2, 0) is 11.3 Å². The number of benzene rings is 1. The van der Waals surface area contributed by atoms with Crippen molar-refractivity contribution in [3.8, 4) is 0 Å². The van der Waals surface area contributed by atoms with E-state index in [-0.39, 0.29) is 5.92 Å². The predicted molar refractivity (Wildman–Crippen MR) is 89.8 cm³/mol. The van der Waals surface area contributed by atoms with E-state index in [0.717, 1.165) is 11.3 Å². The van der Waals surface area contributed by atoms with E-state index in [2.05, 4.69) is 19.9 Å². The van der Waals surface area contributed by atoms with Crippen LogP contribution in [0.4, 0.5) is 11.5 Å². The van der Waals surface area contributed by atoms with Crippen molar-refractivity contribution in [1.82, 2.24) is 19.5 Å². The number of amides is 1. The molecule has 0 radical (unpaired) electrons. The van der Waals surface area contributed by atoms with Gasteiger partial charge < -0.3 is 16.0 Å². The molecule has 1 aromatic carbocycles. The number of rotatable bonds is 4. The molecule has 8 nitrogen and oxygen atoms in total. The number of hydrogen-bond acceptors (Lipinski definition) is 6. The molecule has 2 aromatic heterocycles. The minimum Gasteiger partial charge on any atom is -0.382 e. The predicted octanol–water partition coefficient (Wildman–Crippen LogP) is 1.01. The van der Waals surface area contributed by atoms with Crippen LogP contribution in [0.3, 0.4) is 0 Å². The molecule has 0 fully saturated rings. The number of imidazole rings is 1. The topological polar surface area (TPSA) is 125 Å². The first-order valence-corrected chi connectivity index (χ1v) is 7.49. The van der Waals surface area contributed by atoms with Crippen LogP contribution in [0.2, 0.25) is 0 Å². The summed E-state index contributed by atoms with van der Waals surface area (Å²) in [6.45, 7) is 0.341. The maximum atomic E-state index is 12.1. The molecule has 0 saturated heterocycles. The van der Waals surface area contributed by atoms with Crippen LogP contribution in [0.15, 0.2) is 41.9 Å². The monoisotopic (exact) mass is 321 g/mol. The summed E-state index contributed by atoms with van der Waals surface area (Å²) in [5, 5.41) is 0. The van der Waals surface area contributed by atoms with E-state index in [1.807, 2.05) is 24.3 Å². The highest BCUT2D eigenvalue weighted by Gasteiger charge is 2.32. The average molecular weight is 321 g/mol. The second-order valence-electron chi connectivity index (χ2n) is 5.70. The lowest BCUT2D eigenvalue weighted by molar-refractivity contribution is -0.122. The third-order valence-electron chi connectivity index (χ3n) is 4.29. The highest BCUT2D eigenvalue weighted by atomic mass is 16.1. The van der Waals surface area contributed by atoms with E-state index in [0.29, 0.717) is 23.5 Å². The van der Waals surface area contributed by atoms with E-state index in [1.165, 1.54) is 6.33 Å². The van der Waals surface area contributed by atoms with Crippen LogP contribution >= 0.6 is 0 Å². The summed E-state index contributed by atoms with van der Waals surface area (Å²) in [6, 6.07) is 7.74. The van der Waals surface area contributed by atoms with Crippen LogP contribution in [-0.4, -0.2) is 31.6 Å². The van der Waals surface area contributed by atoms with E-state index < -0.39 is 11.8 Å². The molecule has 1 aliphatic heterocycles. The molecular formula is C16H15N7O. The Labute approximate surface area is 137 Å². The van der Waals surface area contributed by atoms with Gasteiger partial charge in [0.15, 0.2) is 11.5 Å². The Bertz CT molecular complexity index is 962. The van der Waals surface area contributed by atoms with Gasteiger partial charge in [-0.2, -0.15) is 0 Å². The molecule has 8 heteroatoms. The summed E-state index contributed by atoms with van der Waals surface area (Å²) in [7, 11) is 0. The molecule has 4 rings (SSSR count). The molecule has 120 valence electrons. The first-order chi connectivity index (χ1) is 11.6. The second-order valence-corrected chi connectivity index (χ2v) is 5.70. The SMILES string of the molecule is NC(=O)C(Cn1cnc2c(N)ncnc21)C1C=Nc2ccccc21. The van der Waals surface area contributed by atoms with Crippen LogP contribution in [0, 0.1) is 5.92 Å². The molecule has 1 amide bonds. The van der Waals surface area contributed by atoms with Gasteiger partial charge >= 0.3 is 0 Å². The zero-order chi connectivity index (χ0) is 16.7. The Balaban J connectivity index is 1.71. The highest BCUT2D eigenvalue weighted by molar-refractivity contribution is 5.89. The quantitative estimate of drug-likeness (QED) is 0.742. The molecule has 2 atom stereocenters. The number of carbonyl (C=O) groups excluding carboxylic acids is 1. The van der Waals surface area contributed by atoms with Gasteiger partial charge in [0.2, 0.25) is 5.91 Å². The lowest BCUT2D eigenvalue weighted by Gasteiger charge is -2.20. The van der Waals surface area contributed by atoms with Gasteiger partial charge in [-0.1, -0.05) is 18.2 Å². The maximum absolute atomic E-state index is 12.1. The summed E-state index contributed by atoms with van der Waals surface area (Å²) in [4.78, 5) is 28.8. The van der Waals surface area contributed by atoms with E-state index >= 15 is 0 Å². The molecule has 0 aliphatic carbocycles. The number of aliphatic imine (C=N–C) groups is 1. The Morgan fingerprint density at radius 2 is 2.08 bits per heavy atom. The number of hydrogen-bond donors (Lipinski definition) is 2. The fourth-order valence-electron chi connectivity index (χ4n) is 3.07. The van der Waals surface area contributed by atoms with Gasteiger partial charge in [0, 0.05) is 18.7 Å². The molecule has 3 aromatic rings. The van der Waals surface area contributed by atoms with Crippen molar-refractivity contribution < 1.29 is 4.79 Å². The number of carbonyl (C=O) groups is 1. The molecule has 24 heavy (non-hydrogen) atoms. The molecule has 0 saturated carbocycles. The lowest BCUT2D eigenvalue weighted by Crippen LogP contribution is -2.32. The molecule has 1 aliphatic rings. The molecule has 4 N–H and O–H groups in total. The average Bonchev–Trinajstić information content (AvgIpc) is 3.17. The second kappa shape index (κ2) is 5.41. The highest BCUT2D eigenvalue weighted by Crippen LogP contribution is 2.37. The zero-order valence-corrected chi connectivity index (χ0v) is 12.7. The number of nitrogen functional groups attached to an aromatic ring is 1. The van der Waals surface area contributed by atoms with Crippen LogP contribution in [0.1, 0.15) is 11.5 Å². The number of para-hydroxylation sites is 1. The third-order valence-corrected chi connectivity index (χ3v) is 4.29. The van der Waals surface area contributed by atoms with Gasteiger partial charge in [-0.15, -0.1) is 0 Å². The molecule has 2 unspecified atom stereocenters.